The first kappa shape index (κ1) is 15.2. The van der Waals surface area contributed by atoms with Crippen molar-refractivity contribution in [3.8, 4) is 0 Å². The van der Waals surface area contributed by atoms with Gasteiger partial charge in [0.25, 0.3) is 0 Å². The van der Waals surface area contributed by atoms with Crippen LogP contribution in [0.25, 0.3) is 0 Å². The van der Waals surface area contributed by atoms with E-state index in [-0.39, 0.29) is 4.90 Å². The number of piperidine rings is 1. The Labute approximate surface area is 120 Å². The molecule has 1 fully saturated rings. The van der Waals surface area contributed by atoms with Gasteiger partial charge in [0.15, 0.2) is 0 Å². The van der Waals surface area contributed by atoms with Crippen LogP contribution in [0, 0.1) is 5.92 Å². The highest BCUT2D eigenvalue weighted by atomic mass is 32.2. The Morgan fingerprint density at radius 1 is 1.30 bits per heavy atom. The zero-order chi connectivity index (χ0) is 14.6. The molecule has 0 bridgehead atoms. The lowest BCUT2D eigenvalue weighted by Gasteiger charge is -2.28. The molecule has 0 aliphatic carbocycles. The van der Waals surface area contributed by atoms with Crippen molar-refractivity contribution in [2.75, 3.05) is 32.1 Å². The van der Waals surface area contributed by atoms with Crippen molar-refractivity contribution in [3.05, 3.63) is 24.3 Å². The smallest absolute Gasteiger partial charge is 0.242 e. The van der Waals surface area contributed by atoms with Crippen LogP contribution >= 0.6 is 0 Å². The third kappa shape index (κ3) is 3.69. The monoisotopic (exact) mass is 298 g/mol. The molecule has 1 aromatic carbocycles. The fourth-order valence-corrected chi connectivity index (χ4v) is 3.68. The van der Waals surface area contributed by atoms with Crippen molar-refractivity contribution >= 4 is 15.7 Å². The molecular formula is C13H22N4O2S. The number of nitrogens with two attached hydrogens (primary N) is 1. The van der Waals surface area contributed by atoms with Gasteiger partial charge in [0.05, 0.1) is 5.69 Å². The summed E-state index contributed by atoms with van der Waals surface area (Å²) in [7, 11) is -1.44. The predicted octanol–water partition coefficient (Wildman–Crippen LogP) is 0.592. The van der Waals surface area contributed by atoms with E-state index in [2.05, 4.69) is 22.1 Å². The second-order valence-corrected chi connectivity index (χ2v) is 6.97. The number of anilines is 1. The van der Waals surface area contributed by atoms with Gasteiger partial charge in [-0.25, -0.2) is 13.1 Å². The standard InChI is InChI=1S/C13H22N4O2S/c1-17-8-6-11(7-9-17)10-15-20(18,19)13-5-3-2-4-12(13)16-14/h2-5,11,15-16H,6-10,14H2,1H3. The van der Waals surface area contributed by atoms with Crippen molar-refractivity contribution < 1.29 is 8.42 Å². The molecule has 0 radical (unpaired) electrons. The van der Waals surface area contributed by atoms with Gasteiger partial charge < -0.3 is 10.3 Å². The molecule has 1 heterocycles. The Bertz CT molecular complexity index is 539. The van der Waals surface area contributed by atoms with Gasteiger partial charge >= 0.3 is 0 Å². The van der Waals surface area contributed by atoms with Gasteiger partial charge in [-0.15, -0.1) is 0 Å². The summed E-state index contributed by atoms with van der Waals surface area (Å²) >= 11 is 0. The van der Waals surface area contributed by atoms with Gasteiger partial charge in [-0.3, -0.25) is 5.84 Å². The van der Waals surface area contributed by atoms with Gasteiger partial charge in [0.2, 0.25) is 10.0 Å². The normalized spacial score (nSPS) is 18.1. The summed E-state index contributed by atoms with van der Waals surface area (Å²) in [6.45, 7) is 2.52. The maximum Gasteiger partial charge on any atom is 0.242 e. The molecule has 0 amide bonds. The van der Waals surface area contributed by atoms with Crippen LogP contribution in [0.2, 0.25) is 0 Å². The van der Waals surface area contributed by atoms with Gasteiger partial charge in [0, 0.05) is 6.54 Å². The van der Waals surface area contributed by atoms with Gasteiger partial charge in [-0.05, 0) is 51.0 Å². The lowest BCUT2D eigenvalue weighted by Crippen LogP contribution is -2.37. The Balaban J connectivity index is 2.00. The fourth-order valence-electron chi connectivity index (χ4n) is 2.39. The summed E-state index contributed by atoms with van der Waals surface area (Å²) in [5.41, 5.74) is 2.83. The number of para-hydroxylation sites is 1. The summed E-state index contributed by atoms with van der Waals surface area (Å²) in [5.74, 6) is 5.76. The first-order chi connectivity index (χ1) is 9.53. The summed E-state index contributed by atoms with van der Waals surface area (Å²) in [4.78, 5) is 2.45. The van der Waals surface area contributed by atoms with E-state index < -0.39 is 10.0 Å². The maximum absolute atomic E-state index is 12.3. The number of rotatable bonds is 5. The number of hydrazine groups is 1. The molecule has 1 aromatic rings. The number of nitrogens with one attached hydrogen (secondary N) is 2. The average Bonchev–Trinajstić information content (AvgIpc) is 2.46. The molecule has 0 aromatic heterocycles. The second-order valence-electron chi connectivity index (χ2n) is 5.24. The Morgan fingerprint density at radius 3 is 2.60 bits per heavy atom. The molecule has 7 heteroatoms. The molecule has 6 nitrogen and oxygen atoms in total. The first-order valence-corrected chi connectivity index (χ1v) is 8.25. The molecule has 0 spiro atoms. The summed E-state index contributed by atoms with van der Waals surface area (Å²) in [5, 5.41) is 0. The SMILES string of the molecule is CN1CCC(CNS(=O)(=O)c2ccccc2NN)CC1. The third-order valence-corrected chi connectivity index (χ3v) is 5.21. The van der Waals surface area contributed by atoms with Crippen LogP contribution in [0.5, 0.6) is 0 Å². The minimum absolute atomic E-state index is 0.190. The third-order valence-electron chi connectivity index (χ3n) is 3.73. The van der Waals surface area contributed by atoms with E-state index >= 15 is 0 Å². The van der Waals surface area contributed by atoms with E-state index in [1.807, 2.05) is 0 Å². The van der Waals surface area contributed by atoms with Crippen LogP contribution in [-0.2, 0) is 10.0 Å². The Hall–Kier alpha value is -1.15. The molecule has 2 rings (SSSR count). The molecule has 20 heavy (non-hydrogen) atoms. The quantitative estimate of drug-likeness (QED) is 0.547. The molecule has 1 aliphatic heterocycles. The summed E-state index contributed by atoms with van der Waals surface area (Å²) < 4.78 is 27.3. The number of nitrogens with zero attached hydrogens (tertiary/aromatic N) is 1. The zero-order valence-electron chi connectivity index (χ0n) is 11.7. The second kappa shape index (κ2) is 6.53. The van der Waals surface area contributed by atoms with Gasteiger partial charge in [0.1, 0.15) is 4.90 Å². The lowest BCUT2D eigenvalue weighted by molar-refractivity contribution is 0.220. The number of hydrogen-bond donors (Lipinski definition) is 3. The van der Waals surface area contributed by atoms with E-state index in [0.717, 1.165) is 25.9 Å². The molecule has 1 saturated heterocycles. The van der Waals surface area contributed by atoms with E-state index in [1.54, 1.807) is 24.3 Å². The molecule has 0 unspecified atom stereocenters. The van der Waals surface area contributed by atoms with Crippen LogP contribution < -0.4 is 16.0 Å². The van der Waals surface area contributed by atoms with Gasteiger partial charge in [-0.1, -0.05) is 12.1 Å². The minimum Gasteiger partial charge on any atom is -0.323 e. The van der Waals surface area contributed by atoms with Crippen LogP contribution in [0.3, 0.4) is 0 Å². The largest absolute Gasteiger partial charge is 0.323 e. The highest BCUT2D eigenvalue weighted by Gasteiger charge is 2.22. The Morgan fingerprint density at radius 2 is 1.95 bits per heavy atom. The molecule has 4 N–H and O–H groups in total. The number of likely N-dealkylation sites (tertiary alicyclic amines) is 1. The van der Waals surface area contributed by atoms with Crippen LogP contribution in [-0.4, -0.2) is 40.0 Å². The van der Waals surface area contributed by atoms with Gasteiger partial charge in [-0.2, -0.15) is 0 Å². The fraction of sp³-hybridized carbons (Fsp3) is 0.538. The minimum atomic E-state index is -3.52. The van der Waals surface area contributed by atoms with Crippen molar-refractivity contribution in [1.29, 1.82) is 0 Å². The maximum atomic E-state index is 12.3. The first-order valence-electron chi connectivity index (χ1n) is 6.77. The van der Waals surface area contributed by atoms with E-state index in [9.17, 15) is 8.42 Å². The lowest BCUT2D eigenvalue weighted by atomic mass is 9.98. The highest BCUT2D eigenvalue weighted by molar-refractivity contribution is 7.89. The van der Waals surface area contributed by atoms with Crippen molar-refractivity contribution in [2.24, 2.45) is 11.8 Å². The highest BCUT2D eigenvalue weighted by Crippen LogP contribution is 2.20. The van der Waals surface area contributed by atoms with E-state index in [4.69, 9.17) is 5.84 Å². The zero-order valence-corrected chi connectivity index (χ0v) is 12.5. The number of benzene rings is 1. The van der Waals surface area contributed by atoms with Crippen LogP contribution in [0.4, 0.5) is 5.69 Å². The van der Waals surface area contributed by atoms with Crippen molar-refractivity contribution in [3.63, 3.8) is 0 Å². The van der Waals surface area contributed by atoms with Crippen LogP contribution in [0.1, 0.15) is 12.8 Å². The summed E-state index contributed by atoms with van der Waals surface area (Å²) in [6.07, 6.45) is 2.05. The molecule has 0 atom stereocenters. The van der Waals surface area contributed by atoms with E-state index in [0.29, 0.717) is 18.2 Å². The molecule has 0 saturated carbocycles. The van der Waals surface area contributed by atoms with Crippen LogP contribution in [0.15, 0.2) is 29.2 Å². The molecule has 112 valence electrons. The molecule has 1 aliphatic rings. The Kier molecular flexibility index (Phi) is 4.98. The van der Waals surface area contributed by atoms with Crippen molar-refractivity contribution in [2.45, 2.75) is 17.7 Å². The summed E-state index contributed by atoms with van der Waals surface area (Å²) in [6, 6.07) is 6.62. The predicted molar refractivity (Wildman–Crippen MR) is 79.7 cm³/mol. The molecular weight excluding hydrogens is 276 g/mol. The number of sulfonamides is 1. The van der Waals surface area contributed by atoms with E-state index in [1.165, 1.54) is 0 Å². The average molecular weight is 298 g/mol. The number of hydrogen-bond acceptors (Lipinski definition) is 5. The number of nitrogen functional groups attached to an aromatic ring is 1. The van der Waals surface area contributed by atoms with Crippen molar-refractivity contribution in [1.82, 2.24) is 9.62 Å². The topological polar surface area (TPSA) is 87.5 Å².